The summed E-state index contributed by atoms with van der Waals surface area (Å²) in [5.41, 5.74) is 7.33. The minimum atomic E-state index is -0.278. The van der Waals surface area contributed by atoms with Crippen molar-refractivity contribution in [1.82, 2.24) is 4.90 Å². The van der Waals surface area contributed by atoms with Crippen LogP contribution in [-0.2, 0) is 11.3 Å². The van der Waals surface area contributed by atoms with Gasteiger partial charge in [-0.2, -0.15) is 0 Å². The Hall–Kier alpha value is -1.59. The van der Waals surface area contributed by atoms with Crippen LogP contribution in [0, 0.1) is 0 Å². The fourth-order valence-corrected chi connectivity index (χ4v) is 3.20. The van der Waals surface area contributed by atoms with Crippen molar-refractivity contribution < 1.29 is 9.53 Å². The molecule has 2 saturated heterocycles. The number of para-hydroxylation sites is 1. The summed E-state index contributed by atoms with van der Waals surface area (Å²) < 4.78 is 5.78. The van der Waals surface area contributed by atoms with E-state index in [1.54, 1.807) is 4.90 Å². The first-order chi connectivity index (χ1) is 9.63. The van der Waals surface area contributed by atoms with Gasteiger partial charge in [-0.3, -0.25) is 4.90 Å². The fraction of sp³-hybridized carbons (Fsp3) is 0.533. The van der Waals surface area contributed by atoms with Crippen LogP contribution in [0.15, 0.2) is 24.3 Å². The van der Waals surface area contributed by atoms with Crippen molar-refractivity contribution >= 4 is 11.8 Å². The molecule has 1 atom stereocenters. The average molecular weight is 275 g/mol. The molecule has 20 heavy (non-hydrogen) atoms. The van der Waals surface area contributed by atoms with Gasteiger partial charge < -0.3 is 15.4 Å². The highest BCUT2D eigenvalue weighted by Crippen LogP contribution is 2.35. The third-order valence-corrected chi connectivity index (χ3v) is 4.32. The molecule has 108 valence electrons. The van der Waals surface area contributed by atoms with Crippen LogP contribution in [0.3, 0.4) is 0 Å². The smallest absolute Gasteiger partial charge is 0.414 e. The van der Waals surface area contributed by atoms with Gasteiger partial charge in [-0.25, -0.2) is 4.79 Å². The van der Waals surface area contributed by atoms with Crippen molar-refractivity contribution in [1.29, 1.82) is 0 Å². The molecule has 1 unspecified atom stereocenters. The van der Waals surface area contributed by atoms with E-state index in [-0.39, 0.29) is 11.7 Å². The van der Waals surface area contributed by atoms with Gasteiger partial charge in [0.15, 0.2) is 0 Å². The SMILES string of the molecule is CN1CCC2(CCN(c3ccccc3CN)C(=O)O2)C1. The number of anilines is 1. The van der Waals surface area contributed by atoms with Gasteiger partial charge in [-0.05, 0) is 18.7 Å². The molecule has 5 heteroatoms. The lowest BCUT2D eigenvalue weighted by Crippen LogP contribution is -2.51. The Morgan fingerprint density at radius 2 is 2.05 bits per heavy atom. The van der Waals surface area contributed by atoms with E-state index >= 15 is 0 Å². The Morgan fingerprint density at radius 3 is 2.70 bits per heavy atom. The van der Waals surface area contributed by atoms with E-state index in [9.17, 15) is 4.79 Å². The molecule has 1 amide bonds. The number of hydrogen-bond donors (Lipinski definition) is 1. The molecule has 2 heterocycles. The van der Waals surface area contributed by atoms with Crippen molar-refractivity contribution in [3.05, 3.63) is 29.8 Å². The number of ether oxygens (including phenoxy) is 1. The third kappa shape index (κ3) is 2.27. The number of carbonyl (C=O) groups is 1. The quantitative estimate of drug-likeness (QED) is 0.890. The van der Waals surface area contributed by atoms with E-state index < -0.39 is 0 Å². The van der Waals surface area contributed by atoms with Gasteiger partial charge >= 0.3 is 6.09 Å². The predicted molar refractivity (Wildman–Crippen MR) is 77.6 cm³/mol. The molecule has 2 aliphatic rings. The third-order valence-electron chi connectivity index (χ3n) is 4.32. The van der Waals surface area contributed by atoms with Crippen molar-refractivity contribution in [3.8, 4) is 0 Å². The van der Waals surface area contributed by atoms with E-state index in [0.717, 1.165) is 37.2 Å². The molecule has 1 spiro atoms. The largest absolute Gasteiger partial charge is 0.441 e. The molecule has 0 aliphatic carbocycles. The predicted octanol–water partition coefficient (Wildman–Crippen LogP) is 1.57. The van der Waals surface area contributed by atoms with Gasteiger partial charge in [0.1, 0.15) is 5.60 Å². The summed E-state index contributed by atoms with van der Waals surface area (Å²) in [7, 11) is 2.07. The lowest BCUT2D eigenvalue weighted by molar-refractivity contribution is 0.00430. The Morgan fingerprint density at radius 1 is 1.30 bits per heavy atom. The van der Waals surface area contributed by atoms with Crippen LogP contribution in [-0.4, -0.2) is 43.3 Å². The second-order valence-corrected chi connectivity index (χ2v) is 5.77. The summed E-state index contributed by atoms with van der Waals surface area (Å²) in [6.45, 7) is 2.95. The van der Waals surface area contributed by atoms with Crippen LogP contribution in [0.4, 0.5) is 10.5 Å². The lowest BCUT2D eigenvalue weighted by Gasteiger charge is -2.39. The summed E-state index contributed by atoms with van der Waals surface area (Å²) in [5.74, 6) is 0. The number of likely N-dealkylation sites (N-methyl/N-ethyl adjacent to an activating group) is 1. The first-order valence-electron chi connectivity index (χ1n) is 7.11. The molecular formula is C15H21N3O2. The van der Waals surface area contributed by atoms with Gasteiger partial charge in [-0.1, -0.05) is 18.2 Å². The van der Waals surface area contributed by atoms with Crippen LogP contribution in [0.1, 0.15) is 18.4 Å². The topological polar surface area (TPSA) is 58.8 Å². The Balaban J connectivity index is 1.80. The summed E-state index contributed by atoms with van der Waals surface area (Å²) in [5, 5.41) is 0. The molecule has 2 aliphatic heterocycles. The Labute approximate surface area is 119 Å². The number of nitrogens with zero attached hydrogens (tertiary/aromatic N) is 2. The number of nitrogens with two attached hydrogens (primary N) is 1. The molecule has 2 fully saturated rings. The van der Waals surface area contributed by atoms with Crippen LogP contribution >= 0.6 is 0 Å². The normalized spacial score (nSPS) is 27.1. The number of benzene rings is 1. The Kier molecular flexibility index (Phi) is 3.40. The monoisotopic (exact) mass is 275 g/mol. The molecule has 5 nitrogen and oxygen atoms in total. The van der Waals surface area contributed by atoms with Gasteiger partial charge in [0.05, 0.1) is 5.69 Å². The first-order valence-corrected chi connectivity index (χ1v) is 7.11. The van der Waals surface area contributed by atoms with Gasteiger partial charge in [0.25, 0.3) is 0 Å². The molecule has 0 aromatic heterocycles. The van der Waals surface area contributed by atoms with Gasteiger partial charge in [0.2, 0.25) is 0 Å². The maximum Gasteiger partial charge on any atom is 0.414 e. The van der Waals surface area contributed by atoms with Crippen molar-refractivity contribution in [2.75, 3.05) is 31.6 Å². The molecule has 3 rings (SSSR count). The second kappa shape index (κ2) is 5.07. The van der Waals surface area contributed by atoms with E-state index in [2.05, 4.69) is 11.9 Å². The average Bonchev–Trinajstić information content (AvgIpc) is 2.80. The maximum atomic E-state index is 12.4. The van der Waals surface area contributed by atoms with E-state index in [1.165, 1.54) is 0 Å². The molecule has 1 aromatic carbocycles. The van der Waals surface area contributed by atoms with Crippen molar-refractivity contribution in [3.63, 3.8) is 0 Å². The number of likely N-dealkylation sites (tertiary alicyclic amines) is 1. The van der Waals surface area contributed by atoms with E-state index in [0.29, 0.717) is 13.1 Å². The minimum Gasteiger partial charge on any atom is -0.441 e. The standard InChI is InChI=1S/C15H21N3O2/c1-17-8-6-15(11-17)7-9-18(14(19)20-15)13-5-3-2-4-12(13)10-16/h2-5H,6-11,16H2,1H3. The molecular weight excluding hydrogens is 254 g/mol. The fourth-order valence-electron chi connectivity index (χ4n) is 3.20. The molecule has 0 radical (unpaired) electrons. The van der Waals surface area contributed by atoms with Gasteiger partial charge in [-0.15, -0.1) is 0 Å². The molecule has 1 aromatic rings. The number of hydrogen-bond acceptors (Lipinski definition) is 4. The van der Waals surface area contributed by atoms with Crippen molar-refractivity contribution in [2.24, 2.45) is 5.73 Å². The maximum absolute atomic E-state index is 12.4. The zero-order valence-electron chi connectivity index (χ0n) is 11.8. The summed E-state index contributed by atoms with van der Waals surface area (Å²) in [6.07, 6.45) is 1.57. The zero-order chi connectivity index (χ0) is 14.2. The summed E-state index contributed by atoms with van der Waals surface area (Å²) in [4.78, 5) is 16.3. The molecule has 2 N–H and O–H groups in total. The van der Waals surface area contributed by atoms with Crippen molar-refractivity contribution in [2.45, 2.75) is 25.0 Å². The van der Waals surface area contributed by atoms with Crippen LogP contribution in [0.25, 0.3) is 0 Å². The zero-order valence-corrected chi connectivity index (χ0v) is 11.8. The molecule has 0 saturated carbocycles. The first kappa shape index (κ1) is 13.4. The van der Waals surface area contributed by atoms with Crippen LogP contribution < -0.4 is 10.6 Å². The Bertz CT molecular complexity index is 520. The highest BCUT2D eigenvalue weighted by molar-refractivity contribution is 5.89. The minimum absolute atomic E-state index is 0.243. The second-order valence-electron chi connectivity index (χ2n) is 5.77. The van der Waals surface area contributed by atoms with Crippen LogP contribution in [0.2, 0.25) is 0 Å². The van der Waals surface area contributed by atoms with E-state index in [1.807, 2.05) is 24.3 Å². The highest BCUT2D eigenvalue weighted by atomic mass is 16.6. The summed E-state index contributed by atoms with van der Waals surface area (Å²) >= 11 is 0. The summed E-state index contributed by atoms with van der Waals surface area (Å²) in [6, 6.07) is 7.75. The number of rotatable bonds is 2. The number of amides is 1. The van der Waals surface area contributed by atoms with Gasteiger partial charge in [0, 0.05) is 39.0 Å². The molecule has 0 bridgehead atoms. The lowest BCUT2D eigenvalue weighted by atomic mass is 9.96. The van der Waals surface area contributed by atoms with Crippen LogP contribution in [0.5, 0.6) is 0 Å². The highest BCUT2D eigenvalue weighted by Gasteiger charge is 2.45. The number of carbonyl (C=O) groups excluding carboxylic acids is 1. The van der Waals surface area contributed by atoms with E-state index in [4.69, 9.17) is 10.5 Å².